The number of H-pyrrole nitrogens is 1. The molecule has 0 fully saturated rings. The molecule has 0 bridgehead atoms. The van der Waals surface area contributed by atoms with E-state index in [9.17, 15) is 9.59 Å². The van der Waals surface area contributed by atoms with Gasteiger partial charge in [-0.1, -0.05) is 30.3 Å². The van der Waals surface area contributed by atoms with Crippen LogP contribution in [-0.4, -0.2) is 33.5 Å². The van der Waals surface area contributed by atoms with Crippen LogP contribution in [0.1, 0.15) is 50.6 Å². The molecule has 3 aromatic rings. The number of aromatic nitrogens is 2. The Morgan fingerprint density at radius 2 is 1.90 bits per heavy atom. The molecule has 6 nitrogen and oxygen atoms in total. The molecule has 1 amide bonds. The zero-order valence-corrected chi connectivity index (χ0v) is 16.6. The lowest BCUT2D eigenvalue weighted by Gasteiger charge is -2.20. The molecule has 1 aromatic heterocycles. The number of benzene rings is 2. The van der Waals surface area contributed by atoms with Crippen molar-refractivity contribution in [1.82, 2.24) is 15.3 Å². The van der Waals surface area contributed by atoms with Crippen LogP contribution in [-0.2, 0) is 11.2 Å². The molecule has 0 radical (unpaired) electrons. The summed E-state index contributed by atoms with van der Waals surface area (Å²) in [6.45, 7) is 4.36. The van der Waals surface area contributed by atoms with Gasteiger partial charge in [0.15, 0.2) is 0 Å². The summed E-state index contributed by atoms with van der Waals surface area (Å²) in [6, 6.07) is 13.8. The van der Waals surface area contributed by atoms with Gasteiger partial charge in [-0.25, -0.2) is 4.98 Å². The number of aliphatic carboxylic acids is 1. The largest absolute Gasteiger partial charge is 0.481 e. The lowest BCUT2D eigenvalue weighted by Crippen LogP contribution is -2.25. The number of nitrogens with one attached hydrogen (secondary N) is 2. The molecule has 0 aliphatic heterocycles. The van der Waals surface area contributed by atoms with Crippen LogP contribution in [0, 0.1) is 13.8 Å². The topological polar surface area (TPSA) is 95.1 Å². The molecule has 150 valence electrons. The van der Waals surface area contributed by atoms with Crippen molar-refractivity contribution >= 4 is 11.9 Å². The average Bonchev–Trinajstić information content (AvgIpc) is 3.23. The van der Waals surface area contributed by atoms with Crippen LogP contribution < -0.4 is 5.32 Å². The number of aromatic amines is 1. The highest BCUT2D eigenvalue weighted by atomic mass is 16.4. The maximum absolute atomic E-state index is 12.1. The Labute approximate surface area is 170 Å². The smallest absolute Gasteiger partial charge is 0.305 e. The Morgan fingerprint density at radius 1 is 1.14 bits per heavy atom. The molecular formula is C23H25N3O3. The van der Waals surface area contributed by atoms with Gasteiger partial charge in [0.25, 0.3) is 5.91 Å². The van der Waals surface area contributed by atoms with Crippen LogP contribution in [0.15, 0.2) is 55.0 Å². The van der Waals surface area contributed by atoms with E-state index < -0.39 is 5.97 Å². The minimum absolute atomic E-state index is 0.0917. The van der Waals surface area contributed by atoms with Crippen LogP contribution in [0.5, 0.6) is 0 Å². The van der Waals surface area contributed by atoms with Crippen molar-refractivity contribution in [3.63, 3.8) is 0 Å². The Kier molecular flexibility index (Phi) is 6.44. The van der Waals surface area contributed by atoms with Gasteiger partial charge in [-0.2, -0.15) is 0 Å². The van der Waals surface area contributed by atoms with Gasteiger partial charge in [0.1, 0.15) is 0 Å². The maximum Gasteiger partial charge on any atom is 0.305 e. The summed E-state index contributed by atoms with van der Waals surface area (Å²) in [5.41, 5.74) is 6.44. The minimum Gasteiger partial charge on any atom is -0.481 e. The first-order valence-corrected chi connectivity index (χ1v) is 9.59. The van der Waals surface area contributed by atoms with Gasteiger partial charge in [-0.15, -0.1) is 0 Å². The van der Waals surface area contributed by atoms with Crippen LogP contribution in [0.25, 0.3) is 0 Å². The number of carboxylic acids is 1. The Balaban J connectivity index is 1.77. The fourth-order valence-electron chi connectivity index (χ4n) is 3.41. The third-order valence-corrected chi connectivity index (χ3v) is 5.20. The first-order valence-electron chi connectivity index (χ1n) is 9.59. The highest BCUT2D eigenvalue weighted by Crippen LogP contribution is 2.30. The highest BCUT2D eigenvalue weighted by Gasteiger charge is 2.19. The van der Waals surface area contributed by atoms with Crippen molar-refractivity contribution in [2.75, 3.05) is 6.54 Å². The fraction of sp³-hybridized carbons (Fsp3) is 0.261. The lowest BCUT2D eigenvalue weighted by atomic mass is 9.85. The third-order valence-electron chi connectivity index (χ3n) is 5.20. The van der Waals surface area contributed by atoms with Crippen molar-refractivity contribution in [2.45, 2.75) is 32.6 Å². The third kappa shape index (κ3) is 5.10. The molecule has 3 N–H and O–H groups in total. The molecular weight excluding hydrogens is 366 g/mol. The second kappa shape index (κ2) is 9.19. The molecule has 1 heterocycles. The molecule has 3 rings (SSSR count). The van der Waals surface area contributed by atoms with E-state index in [4.69, 9.17) is 5.11 Å². The predicted molar refractivity (Wildman–Crippen MR) is 111 cm³/mol. The molecule has 0 aliphatic rings. The van der Waals surface area contributed by atoms with E-state index in [-0.39, 0.29) is 24.8 Å². The Hall–Kier alpha value is -3.41. The number of nitrogens with zero attached hydrogens (tertiary/aromatic N) is 1. The summed E-state index contributed by atoms with van der Waals surface area (Å²) < 4.78 is 0. The van der Waals surface area contributed by atoms with Crippen molar-refractivity contribution in [1.29, 1.82) is 0 Å². The van der Waals surface area contributed by atoms with Gasteiger partial charge >= 0.3 is 5.97 Å². The molecule has 2 aromatic carbocycles. The van der Waals surface area contributed by atoms with Crippen LogP contribution in [0.4, 0.5) is 0 Å². The first kappa shape index (κ1) is 20.3. The minimum atomic E-state index is -0.933. The number of rotatable bonds is 8. The molecule has 0 saturated carbocycles. The molecule has 29 heavy (non-hydrogen) atoms. The first-order chi connectivity index (χ1) is 14.0. The number of carboxylic acid groups (broad SMARTS) is 1. The van der Waals surface area contributed by atoms with Crippen molar-refractivity contribution in [3.05, 3.63) is 88.5 Å². The number of carbonyl (C=O) groups excluding carboxylic acids is 1. The van der Waals surface area contributed by atoms with Gasteiger partial charge in [0, 0.05) is 29.9 Å². The quantitative estimate of drug-likeness (QED) is 0.547. The van der Waals surface area contributed by atoms with Crippen LogP contribution >= 0.6 is 0 Å². The standard InChI is InChI=1S/C23H25N3O3/c1-15-4-3-5-19(16(15)2)20(21-13-24-14-26-21)12-17-6-8-18(9-7-17)23(29)25-11-10-22(27)28/h3-9,13-14,20H,10-12H2,1-2H3,(H,24,26)(H,25,29)(H,27,28). The normalized spacial score (nSPS) is 11.8. The Bertz CT molecular complexity index is 979. The second-order valence-corrected chi connectivity index (χ2v) is 7.15. The van der Waals surface area contributed by atoms with E-state index in [1.807, 2.05) is 18.3 Å². The summed E-state index contributed by atoms with van der Waals surface area (Å²) in [6.07, 6.45) is 4.23. The zero-order chi connectivity index (χ0) is 20.8. The number of imidazole rings is 1. The van der Waals surface area contributed by atoms with Gasteiger partial charge in [-0.3, -0.25) is 9.59 Å². The van der Waals surface area contributed by atoms with Gasteiger partial charge in [-0.05, 0) is 54.7 Å². The summed E-state index contributed by atoms with van der Waals surface area (Å²) >= 11 is 0. The molecule has 6 heteroatoms. The van der Waals surface area contributed by atoms with E-state index >= 15 is 0 Å². The zero-order valence-electron chi connectivity index (χ0n) is 16.6. The van der Waals surface area contributed by atoms with Gasteiger partial charge < -0.3 is 15.4 Å². The van der Waals surface area contributed by atoms with Crippen molar-refractivity contribution in [3.8, 4) is 0 Å². The molecule has 0 saturated heterocycles. The van der Waals surface area contributed by atoms with Gasteiger partial charge in [0.2, 0.25) is 0 Å². The molecule has 0 spiro atoms. The maximum atomic E-state index is 12.1. The molecule has 1 atom stereocenters. The van der Waals surface area contributed by atoms with Gasteiger partial charge in [0.05, 0.1) is 12.7 Å². The summed E-state index contributed by atoms with van der Waals surface area (Å²) in [5, 5.41) is 11.3. The average molecular weight is 391 g/mol. The number of carbonyl (C=O) groups is 2. The number of hydrogen-bond acceptors (Lipinski definition) is 3. The number of amides is 1. The predicted octanol–water partition coefficient (Wildman–Crippen LogP) is 3.61. The van der Waals surface area contributed by atoms with E-state index in [2.05, 4.69) is 47.3 Å². The van der Waals surface area contributed by atoms with Crippen LogP contribution in [0.2, 0.25) is 0 Å². The summed E-state index contributed by atoms with van der Waals surface area (Å²) in [7, 11) is 0. The SMILES string of the molecule is Cc1cccc(C(Cc2ccc(C(=O)NCCC(=O)O)cc2)c2cnc[nH]2)c1C. The summed E-state index contributed by atoms with van der Waals surface area (Å²) in [4.78, 5) is 30.1. The molecule has 0 aliphatic carbocycles. The van der Waals surface area contributed by atoms with Crippen molar-refractivity contribution in [2.24, 2.45) is 0 Å². The van der Waals surface area contributed by atoms with Crippen molar-refractivity contribution < 1.29 is 14.7 Å². The fourth-order valence-corrected chi connectivity index (χ4v) is 3.41. The molecule has 1 unspecified atom stereocenters. The second-order valence-electron chi connectivity index (χ2n) is 7.15. The lowest BCUT2D eigenvalue weighted by molar-refractivity contribution is -0.136. The van der Waals surface area contributed by atoms with Crippen LogP contribution in [0.3, 0.4) is 0 Å². The van der Waals surface area contributed by atoms with E-state index in [1.165, 1.54) is 16.7 Å². The summed E-state index contributed by atoms with van der Waals surface area (Å²) in [5.74, 6) is -1.07. The van der Waals surface area contributed by atoms with E-state index in [0.717, 1.165) is 17.7 Å². The highest BCUT2D eigenvalue weighted by molar-refractivity contribution is 5.94. The van der Waals surface area contributed by atoms with E-state index in [0.29, 0.717) is 5.56 Å². The number of hydrogen-bond donors (Lipinski definition) is 3. The monoisotopic (exact) mass is 391 g/mol. The number of aryl methyl sites for hydroxylation is 1. The van der Waals surface area contributed by atoms with E-state index in [1.54, 1.807) is 18.5 Å². The Morgan fingerprint density at radius 3 is 2.55 bits per heavy atom.